The molecule has 0 aliphatic heterocycles. The lowest BCUT2D eigenvalue weighted by Crippen LogP contribution is -2.35. The molecule has 0 saturated carbocycles. The van der Waals surface area contributed by atoms with Crippen LogP contribution in [0.15, 0.2) is 18.2 Å². The lowest BCUT2D eigenvalue weighted by molar-refractivity contribution is 0.0284. The Morgan fingerprint density at radius 1 is 0.889 bits per heavy atom. The molecule has 0 aromatic heterocycles. The molecule has 0 spiro atoms. The molecule has 3 nitrogen and oxygen atoms in total. The van der Waals surface area contributed by atoms with Gasteiger partial charge >= 0.3 is 0 Å². The Kier molecular flexibility index (Phi) is 5.27. The minimum atomic E-state index is -1.15. The molecule has 1 atom stereocenters. The van der Waals surface area contributed by atoms with Gasteiger partial charge in [-0.15, -0.1) is 0 Å². The number of fused-ring (bicyclic) bond motifs is 1. The van der Waals surface area contributed by atoms with Crippen LogP contribution >= 0.6 is 0 Å². The Bertz CT molecular complexity index is 867. The van der Waals surface area contributed by atoms with Crippen LogP contribution in [0.2, 0.25) is 0 Å². The normalized spacial score (nSPS) is 15.6. The summed E-state index contributed by atoms with van der Waals surface area (Å²) in [7, 11) is 3.37. The van der Waals surface area contributed by atoms with Gasteiger partial charge in [0.15, 0.2) is 0 Å². The lowest BCUT2D eigenvalue weighted by Gasteiger charge is -2.37. The number of hydrogen-bond donors (Lipinski definition) is 1. The summed E-state index contributed by atoms with van der Waals surface area (Å²) < 4.78 is 11.5. The summed E-state index contributed by atoms with van der Waals surface area (Å²) in [5.74, 6) is 1.54. The van der Waals surface area contributed by atoms with E-state index in [2.05, 4.69) is 32.0 Å². The van der Waals surface area contributed by atoms with Crippen LogP contribution in [0.1, 0.15) is 59.2 Å². The summed E-state index contributed by atoms with van der Waals surface area (Å²) in [6, 6.07) is 6.47. The fourth-order valence-electron chi connectivity index (χ4n) is 4.69. The minimum absolute atomic E-state index is 0.0311. The van der Waals surface area contributed by atoms with E-state index in [0.29, 0.717) is 0 Å². The van der Waals surface area contributed by atoms with Gasteiger partial charge in [0.2, 0.25) is 0 Å². The van der Waals surface area contributed by atoms with Gasteiger partial charge in [-0.3, -0.25) is 0 Å². The third-order valence-corrected chi connectivity index (χ3v) is 6.35. The lowest BCUT2D eigenvalue weighted by atomic mass is 9.74. The van der Waals surface area contributed by atoms with Crippen LogP contribution in [0.5, 0.6) is 11.5 Å². The molecule has 0 saturated heterocycles. The molecule has 0 amide bonds. The molecule has 2 aromatic rings. The van der Waals surface area contributed by atoms with Gasteiger partial charge in [0, 0.05) is 11.1 Å². The summed E-state index contributed by atoms with van der Waals surface area (Å²) >= 11 is 0. The number of ether oxygens (including phenoxy) is 2. The predicted octanol–water partition coefficient (Wildman–Crippen LogP) is 5.01. The molecular formula is C24H32O3. The SMILES string of the molecule is COc1c(C)c(C)c(OC)c(C(O)(c2ccc3c(c2)CCC3)C(C)C)c1C. The molecule has 3 heteroatoms. The van der Waals surface area contributed by atoms with Crippen LogP contribution in [0.3, 0.4) is 0 Å². The molecule has 0 fully saturated rings. The summed E-state index contributed by atoms with van der Waals surface area (Å²) in [5, 5.41) is 12.2. The molecule has 0 heterocycles. The van der Waals surface area contributed by atoms with Crippen LogP contribution in [-0.2, 0) is 18.4 Å². The largest absolute Gasteiger partial charge is 0.496 e. The van der Waals surface area contributed by atoms with E-state index in [4.69, 9.17) is 9.47 Å². The summed E-state index contributed by atoms with van der Waals surface area (Å²) in [4.78, 5) is 0. The van der Waals surface area contributed by atoms with Crippen LogP contribution in [0, 0.1) is 26.7 Å². The molecule has 1 unspecified atom stereocenters. The second-order valence-corrected chi connectivity index (χ2v) is 8.07. The van der Waals surface area contributed by atoms with Crippen LogP contribution in [0.4, 0.5) is 0 Å². The molecule has 0 radical (unpaired) electrons. The van der Waals surface area contributed by atoms with Gasteiger partial charge in [-0.2, -0.15) is 0 Å². The van der Waals surface area contributed by atoms with Gasteiger partial charge in [0.1, 0.15) is 17.1 Å². The molecule has 2 aromatic carbocycles. The zero-order valence-corrected chi connectivity index (χ0v) is 17.7. The zero-order chi connectivity index (χ0) is 19.9. The van der Waals surface area contributed by atoms with E-state index in [1.54, 1.807) is 14.2 Å². The Hall–Kier alpha value is -2.00. The average Bonchev–Trinajstić information content (AvgIpc) is 3.11. The maximum atomic E-state index is 12.2. The Labute approximate surface area is 163 Å². The average molecular weight is 369 g/mol. The third-order valence-electron chi connectivity index (χ3n) is 6.35. The standard InChI is InChI=1S/C24H32O3/c1-14(2)24(25,20-12-11-18-9-8-10-19(18)13-20)21-17(5)22(26-6)15(3)16(4)23(21)27-7/h11-14,25H,8-10H2,1-7H3. The second-order valence-electron chi connectivity index (χ2n) is 8.07. The first-order chi connectivity index (χ1) is 12.8. The highest BCUT2D eigenvalue weighted by Gasteiger charge is 2.41. The molecule has 27 heavy (non-hydrogen) atoms. The van der Waals surface area contributed by atoms with Crippen molar-refractivity contribution in [3.63, 3.8) is 0 Å². The van der Waals surface area contributed by atoms with Gasteiger partial charge < -0.3 is 14.6 Å². The molecule has 1 aliphatic carbocycles. The van der Waals surface area contributed by atoms with E-state index in [1.165, 1.54) is 17.5 Å². The zero-order valence-electron chi connectivity index (χ0n) is 17.7. The quantitative estimate of drug-likeness (QED) is 0.806. The monoisotopic (exact) mass is 368 g/mol. The first kappa shape index (κ1) is 19.8. The fourth-order valence-corrected chi connectivity index (χ4v) is 4.69. The first-order valence-corrected chi connectivity index (χ1v) is 9.84. The molecule has 146 valence electrons. The maximum Gasteiger partial charge on any atom is 0.129 e. The van der Waals surface area contributed by atoms with Gasteiger partial charge in [-0.05, 0) is 73.8 Å². The van der Waals surface area contributed by atoms with Crippen molar-refractivity contribution in [3.8, 4) is 11.5 Å². The summed E-state index contributed by atoms with van der Waals surface area (Å²) in [6.07, 6.45) is 3.41. The molecule has 3 rings (SSSR count). The van der Waals surface area contributed by atoms with E-state index in [9.17, 15) is 5.11 Å². The van der Waals surface area contributed by atoms with E-state index in [0.717, 1.165) is 52.2 Å². The van der Waals surface area contributed by atoms with Crippen molar-refractivity contribution in [2.24, 2.45) is 5.92 Å². The number of hydrogen-bond acceptors (Lipinski definition) is 3. The predicted molar refractivity (Wildman–Crippen MR) is 110 cm³/mol. The van der Waals surface area contributed by atoms with E-state index < -0.39 is 5.60 Å². The molecule has 1 aliphatic rings. The summed E-state index contributed by atoms with van der Waals surface area (Å²) in [5.41, 5.74) is 6.37. The highest BCUT2D eigenvalue weighted by molar-refractivity contribution is 5.62. The fraction of sp³-hybridized carbons (Fsp3) is 0.500. The van der Waals surface area contributed by atoms with Crippen LogP contribution in [-0.4, -0.2) is 19.3 Å². The van der Waals surface area contributed by atoms with Gasteiger partial charge in [-0.25, -0.2) is 0 Å². The minimum Gasteiger partial charge on any atom is -0.496 e. The highest BCUT2D eigenvalue weighted by atomic mass is 16.5. The van der Waals surface area contributed by atoms with Crippen molar-refractivity contribution in [2.75, 3.05) is 14.2 Å². The van der Waals surface area contributed by atoms with E-state index in [-0.39, 0.29) is 5.92 Å². The highest BCUT2D eigenvalue weighted by Crippen LogP contribution is 2.48. The second kappa shape index (κ2) is 7.20. The van der Waals surface area contributed by atoms with Gasteiger partial charge in [-0.1, -0.05) is 32.0 Å². The van der Waals surface area contributed by atoms with Gasteiger partial charge in [0.25, 0.3) is 0 Å². The first-order valence-electron chi connectivity index (χ1n) is 9.84. The van der Waals surface area contributed by atoms with Crippen molar-refractivity contribution in [2.45, 2.75) is 59.5 Å². The Balaban J connectivity index is 2.35. The van der Waals surface area contributed by atoms with E-state index in [1.807, 2.05) is 20.8 Å². The van der Waals surface area contributed by atoms with Crippen LogP contribution < -0.4 is 9.47 Å². The molecule has 0 bridgehead atoms. The van der Waals surface area contributed by atoms with E-state index >= 15 is 0 Å². The van der Waals surface area contributed by atoms with Crippen molar-refractivity contribution < 1.29 is 14.6 Å². The topological polar surface area (TPSA) is 38.7 Å². The summed E-state index contributed by atoms with van der Waals surface area (Å²) in [6.45, 7) is 10.2. The number of benzene rings is 2. The smallest absolute Gasteiger partial charge is 0.129 e. The van der Waals surface area contributed by atoms with Crippen molar-refractivity contribution in [1.82, 2.24) is 0 Å². The Morgan fingerprint density at radius 2 is 1.48 bits per heavy atom. The number of methoxy groups -OCH3 is 2. The number of aryl methyl sites for hydroxylation is 2. The van der Waals surface area contributed by atoms with Gasteiger partial charge in [0.05, 0.1) is 14.2 Å². The maximum absolute atomic E-state index is 12.2. The molecular weight excluding hydrogens is 336 g/mol. The Morgan fingerprint density at radius 3 is 2.07 bits per heavy atom. The van der Waals surface area contributed by atoms with Crippen LogP contribution in [0.25, 0.3) is 0 Å². The third kappa shape index (κ3) is 2.93. The number of aliphatic hydroxyl groups is 1. The van der Waals surface area contributed by atoms with Crippen molar-refractivity contribution >= 4 is 0 Å². The molecule has 1 N–H and O–H groups in total. The number of rotatable bonds is 5. The van der Waals surface area contributed by atoms with Crippen molar-refractivity contribution in [1.29, 1.82) is 0 Å². The van der Waals surface area contributed by atoms with Crippen molar-refractivity contribution in [3.05, 3.63) is 57.1 Å².